The van der Waals surface area contributed by atoms with Crippen molar-refractivity contribution in [2.24, 2.45) is 5.41 Å². The van der Waals surface area contributed by atoms with Crippen LogP contribution in [0.15, 0.2) is 47.1 Å². The fourth-order valence-electron chi connectivity index (χ4n) is 7.77. The van der Waals surface area contributed by atoms with Crippen molar-refractivity contribution in [1.29, 1.82) is 0 Å². The third-order valence-corrected chi connectivity index (χ3v) is 11.1. The number of carbonyl (C=O) groups is 2. The summed E-state index contributed by atoms with van der Waals surface area (Å²) >= 11 is 0. The van der Waals surface area contributed by atoms with Gasteiger partial charge in [-0.2, -0.15) is 9.37 Å². The monoisotopic (exact) mass is 775 g/mol. The number of methoxy groups -OCH3 is 2. The van der Waals surface area contributed by atoms with Crippen LogP contribution < -0.4 is 24.4 Å². The highest BCUT2D eigenvalue weighted by molar-refractivity contribution is 5.97. The Bertz CT molecular complexity index is 2040. The molecule has 2 aromatic carbocycles. The molecule has 2 bridgehead atoms. The third-order valence-electron chi connectivity index (χ3n) is 11.1. The first-order chi connectivity index (χ1) is 26.8. The van der Waals surface area contributed by atoms with E-state index in [1.807, 2.05) is 25.7 Å². The molecule has 8 rings (SSSR count). The van der Waals surface area contributed by atoms with Gasteiger partial charge < -0.3 is 38.6 Å². The van der Waals surface area contributed by atoms with Gasteiger partial charge in [0.1, 0.15) is 23.7 Å². The molecule has 4 aliphatic rings. The minimum Gasteiger partial charge on any atom is -0.497 e. The van der Waals surface area contributed by atoms with Crippen molar-refractivity contribution in [3.8, 4) is 28.8 Å². The van der Waals surface area contributed by atoms with E-state index in [0.29, 0.717) is 67.4 Å². The van der Waals surface area contributed by atoms with Crippen LogP contribution in [0.2, 0.25) is 0 Å². The average molecular weight is 776 g/mol. The molecule has 0 atom stereocenters. The lowest BCUT2D eigenvalue weighted by Gasteiger charge is -2.52. The Morgan fingerprint density at radius 2 is 1.61 bits per heavy atom. The van der Waals surface area contributed by atoms with Crippen LogP contribution in [0.5, 0.6) is 17.2 Å². The second kappa shape index (κ2) is 15.5. The van der Waals surface area contributed by atoms with E-state index >= 15 is 8.78 Å². The molecule has 3 aliphatic carbocycles. The molecule has 16 heteroatoms. The SMILES string of the molecule is COc1ccc(COc2c(F)cc(C(=O)NCC34CCC(c5noc(-c6ccnc(N7CCN(C(=O)OC(C)(C)C)CC7)n6)n5)(CC3)CC4)c(OC)c2F)cc1. The summed E-state index contributed by atoms with van der Waals surface area (Å²) in [5.41, 5.74) is -0.0485. The second-order valence-electron chi connectivity index (χ2n) is 15.8. The van der Waals surface area contributed by atoms with E-state index in [9.17, 15) is 9.59 Å². The highest BCUT2D eigenvalue weighted by atomic mass is 19.1. The topological polar surface area (TPSA) is 154 Å². The van der Waals surface area contributed by atoms with E-state index in [1.54, 1.807) is 48.5 Å². The number of amides is 2. The Kier molecular flexibility index (Phi) is 10.7. The number of rotatable bonds is 11. The molecule has 298 valence electrons. The molecule has 4 fully saturated rings. The van der Waals surface area contributed by atoms with E-state index in [0.717, 1.165) is 44.6 Å². The summed E-state index contributed by atoms with van der Waals surface area (Å²) in [5, 5.41) is 7.34. The number of benzene rings is 2. The lowest BCUT2D eigenvalue weighted by atomic mass is 9.53. The largest absolute Gasteiger partial charge is 0.497 e. The van der Waals surface area contributed by atoms with Crippen molar-refractivity contribution in [3.63, 3.8) is 0 Å². The molecule has 0 radical (unpaired) electrons. The number of hydrogen-bond donors (Lipinski definition) is 1. The Labute approximate surface area is 323 Å². The molecule has 3 saturated carbocycles. The number of fused-ring (bicyclic) bond motifs is 3. The van der Waals surface area contributed by atoms with Gasteiger partial charge in [0.25, 0.3) is 11.8 Å². The van der Waals surface area contributed by atoms with Gasteiger partial charge >= 0.3 is 6.09 Å². The summed E-state index contributed by atoms with van der Waals surface area (Å²) in [5.74, 6) is -1.61. The molecule has 1 aliphatic heterocycles. The molecular formula is C40H47F2N7O7. The van der Waals surface area contributed by atoms with Crippen LogP contribution >= 0.6 is 0 Å². The summed E-state index contributed by atoms with van der Waals surface area (Å²) < 4.78 is 57.8. The zero-order valence-corrected chi connectivity index (χ0v) is 32.3. The molecule has 1 saturated heterocycles. The van der Waals surface area contributed by atoms with Gasteiger partial charge in [-0.15, -0.1) is 0 Å². The molecule has 2 amide bonds. The van der Waals surface area contributed by atoms with E-state index in [1.165, 1.54) is 7.11 Å². The number of nitrogens with zero attached hydrogens (tertiary/aromatic N) is 6. The van der Waals surface area contributed by atoms with Gasteiger partial charge in [-0.25, -0.2) is 19.2 Å². The van der Waals surface area contributed by atoms with Crippen molar-refractivity contribution in [2.45, 2.75) is 76.9 Å². The van der Waals surface area contributed by atoms with E-state index in [-0.39, 0.29) is 34.8 Å². The van der Waals surface area contributed by atoms with Crippen LogP contribution in [-0.4, -0.2) is 89.6 Å². The van der Waals surface area contributed by atoms with Gasteiger partial charge in [0.05, 0.1) is 19.8 Å². The molecule has 2 aromatic heterocycles. The van der Waals surface area contributed by atoms with Gasteiger partial charge in [-0.3, -0.25) is 4.79 Å². The van der Waals surface area contributed by atoms with Gasteiger partial charge in [0.15, 0.2) is 23.1 Å². The highest BCUT2D eigenvalue weighted by Crippen LogP contribution is 2.57. The van der Waals surface area contributed by atoms with Gasteiger partial charge in [-0.1, -0.05) is 17.3 Å². The van der Waals surface area contributed by atoms with Crippen LogP contribution in [0, 0.1) is 17.0 Å². The van der Waals surface area contributed by atoms with Gasteiger partial charge in [0.2, 0.25) is 11.8 Å². The Morgan fingerprint density at radius 3 is 2.25 bits per heavy atom. The molecular weight excluding hydrogens is 728 g/mol. The number of ether oxygens (including phenoxy) is 4. The first kappa shape index (κ1) is 38.7. The number of piperazine rings is 1. The number of aromatic nitrogens is 4. The maximum Gasteiger partial charge on any atom is 0.410 e. The Balaban J connectivity index is 0.947. The summed E-state index contributed by atoms with van der Waals surface area (Å²) in [4.78, 5) is 43.6. The molecule has 0 unspecified atom stereocenters. The van der Waals surface area contributed by atoms with Gasteiger partial charge in [-0.05, 0) is 94.5 Å². The Morgan fingerprint density at radius 1 is 0.911 bits per heavy atom. The van der Waals surface area contributed by atoms with Crippen molar-refractivity contribution in [2.75, 3.05) is 51.8 Å². The lowest BCUT2D eigenvalue weighted by Crippen LogP contribution is -2.50. The predicted octanol–water partition coefficient (Wildman–Crippen LogP) is 6.48. The van der Waals surface area contributed by atoms with Crippen molar-refractivity contribution in [3.05, 3.63) is 71.2 Å². The van der Waals surface area contributed by atoms with Crippen LogP contribution in [0.25, 0.3) is 11.6 Å². The number of hydrogen-bond acceptors (Lipinski definition) is 12. The summed E-state index contributed by atoms with van der Waals surface area (Å²) in [6.07, 6.45) is 6.14. The maximum absolute atomic E-state index is 15.5. The Hall–Kier alpha value is -5.54. The average Bonchev–Trinajstić information content (AvgIpc) is 3.72. The van der Waals surface area contributed by atoms with Crippen molar-refractivity contribution >= 4 is 17.9 Å². The smallest absolute Gasteiger partial charge is 0.410 e. The van der Waals surface area contributed by atoms with Crippen molar-refractivity contribution < 1.29 is 41.8 Å². The van der Waals surface area contributed by atoms with Crippen LogP contribution in [0.4, 0.5) is 19.5 Å². The standard InChI is InChI=1S/C40H47F2N7O7/c1-38(2,3)55-37(51)49-20-18-48(19-21-49)36-43-17-10-29(45-36)34-46-35(47-56-34)40-14-11-39(12-15-40,13-16-40)24-44-33(50)27-22-28(41)32(30(42)31(27)53-5)54-23-25-6-8-26(52-4)9-7-25/h6-10,17,22H,11-16,18-21,23-24H2,1-5H3,(H,44,50). The second-order valence-corrected chi connectivity index (χ2v) is 15.8. The molecule has 4 aromatic rings. The molecule has 0 spiro atoms. The minimum absolute atomic E-state index is 0.0963. The van der Waals surface area contributed by atoms with Crippen LogP contribution in [0.3, 0.4) is 0 Å². The first-order valence-electron chi connectivity index (χ1n) is 18.8. The molecule has 3 heterocycles. The number of anilines is 1. The minimum atomic E-state index is -1.08. The predicted molar refractivity (Wildman–Crippen MR) is 200 cm³/mol. The zero-order chi connectivity index (χ0) is 39.7. The fraction of sp³-hybridized carbons (Fsp3) is 0.500. The van der Waals surface area contributed by atoms with Crippen LogP contribution in [0.1, 0.15) is 81.0 Å². The molecule has 1 N–H and O–H groups in total. The van der Waals surface area contributed by atoms with Crippen molar-refractivity contribution in [1.82, 2.24) is 30.3 Å². The van der Waals surface area contributed by atoms with E-state index in [4.69, 9.17) is 33.4 Å². The third kappa shape index (κ3) is 8.05. The van der Waals surface area contributed by atoms with E-state index < -0.39 is 28.9 Å². The van der Waals surface area contributed by atoms with Crippen LogP contribution in [-0.2, 0) is 16.8 Å². The zero-order valence-electron chi connectivity index (χ0n) is 32.3. The summed E-state index contributed by atoms with van der Waals surface area (Å²) in [6.45, 7) is 7.87. The fourth-order valence-corrected chi connectivity index (χ4v) is 7.77. The number of carbonyl (C=O) groups excluding carboxylic acids is 2. The highest BCUT2D eigenvalue weighted by Gasteiger charge is 2.51. The number of halogens is 2. The van der Waals surface area contributed by atoms with E-state index in [2.05, 4.69) is 15.5 Å². The molecule has 14 nitrogen and oxygen atoms in total. The summed E-state index contributed by atoms with van der Waals surface area (Å²) in [7, 11) is 2.77. The first-order valence-corrected chi connectivity index (χ1v) is 18.8. The normalized spacial score (nSPS) is 20.8. The van der Waals surface area contributed by atoms with Gasteiger partial charge in [0, 0.05) is 44.3 Å². The lowest BCUT2D eigenvalue weighted by molar-refractivity contribution is 0.0240. The maximum atomic E-state index is 15.5. The molecule has 56 heavy (non-hydrogen) atoms. The quantitative estimate of drug-likeness (QED) is 0.177. The summed E-state index contributed by atoms with van der Waals surface area (Å²) in [6, 6.07) is 9.58. The number of nitrogens with one attached hydrogen (secondary N) is 1.